The van der Waals surface area contributed by atoms with Crippen LogP contribution >= 0.6 is 24.0 Å². The molecular formula is C13H18IN3O. The van der Waals surface area contributed by atoms with Gasteiger partial charge in [0.25, 0.3) is 0 Å². The van der Waals surface area contributed by atoms with Crippen molar-refractivity contribution < 1.29 is 4.74 Å². The number of benzene rings is 1. The van der Waals surface area contributed by atoms with E-state index in [0.717, 1.165) is 32.3 Å². The molecule has 1 atom stereocenters. The largest absolute Gasteiger partial charge is 0.372 e. The van der Waals surface area contributed by atoms with Crippen LogP contribution in [0.1, 0.15) is 23.6 Å². The van der Waals surface area contributed by atoms with Gasteiger partial charge in [-0.2, -0.15) is 0 Å². The first-order valence-electron chi connectivity index (χ1n) is 6.04. The second kappa shape index (κ2) is 5.88. The summed E-state index contributed by atoms with van der Waals surface area (Å²) in [6, 6.07) is 6.98. The summed E-state index contributed by atoms with van der Waals surface area (Å²) in [6.45, 7) is 5.31. The van der Waals surface area contributed by atoms with Gasteiger partial charge in [0.05, 0.1) is 19.8 Å². The summed E-state index contributed by atoms with van der Waals surface area (Å²) in [4.78, 5) is 4.37. The number of nitrogens with zero attached hydrogens (tertiary/aromatic N) is 1. The van der Waals surface area contributed by atoms with Gasteiger partial charge in [-0.3, -0.25) is 4.99 Å². The Morgan fingerprint density at radius 2 is 2.22 bits per heavy atom. The molecule has 2 heterocycles. The van der Waals surface area contributed by atoms with Gasteiger partial charge in [-0.15, -0.1) is 24.0 Å². The van der Waals surface area contributed by atoms with E-state index in [1.54, 1.807) is 0 Å². The predicted molar refractivity (Wildman–Crippen MR) is 82.1 cm³/mol. The predicted octanol–water partition coefficient (Wildman–Crippen LogP) is 1.77. The van der Waals surface area contributed by atoms with Crippen molar-refractivity contribution in [1.29, 1.82) is 0 Å². The molecule has 1 aromatic carbocycles. The van der Waals surface area contributed by atoms with E-state index >= 15 is 0 Å². The number of hydrogen-bond acceptors (Lipinski definition) is 4. The van der Waals surface area contributed by atoms with Crippen molar-refractivity contribution in [3.63, 3.8) is 0 Å². The van der Waals surface area contributed by atoms with Gasteiger partial charge in [0, 0.05) is 12.6 Å². The van der Waals surface area contributed by atoms with E-state index in [1.165, 1.54) is 16.7 Å². The Balaban J connectivity index is 0.00000120. The zero-order chi connectivity index (χ0) is 11.7. The lowest BCUT2D eigenvalue weighted by Crippen LogP contribution is -2.37. The van der Waals surface area contributed by atoms with E-state index in [2.05, 4.69) is 40.7 Å². The number of rotatable bonds is 2. The van der Waals surface area contributed by atoms with Crippen LogP contribution < -0.4 is 10.6 Å². The zero-order valence-electron chi connectivity index (χ0n) is 10.4. The minimum absolute atomic E-state index is 0. The maximum atomic E-state index is 5.41. The molecule has 4 nitrogen and oxygen atoms in total. The second-order valence-electron chi connectivity index (χ2n) is 4.68. The number of fused-ring (bicyclic) bond motifs is 1. The molecule has 0 aliphatic carbocycles. The van der Waals surface area contributed by atoms with Gasteiger partial charge in [-0.05, 0) is 23.6 Å². The highest BCUT2D eigenvalue weighted by Gasteiger charge is 2.13. The summed E-state index contributed by atoms with van der Waals surface area (Å²) in [5, 5.41) is 6.61. The molecular weight excluding hydrogens is 341 g/mol. The smallest absolute Gasteiger partial charge is 0.191 e. The molecule has 1 aromatic rings. The van der Waals surface area contributed by atoms with Gasteiger partial charge in [-0.1, -0.05) is 18.2 Å². The van der Waals surface area contributed by atoms with Crippen molar-refractivity contribution >= 4 is 29.9 Å². The van der Waals surface area contributed by atoms with Gasteiger partial charge >= 0.3 is 0 Å². The Bertz CT molecular complexity index is 462. The molecule has 18 heavy (non-hydrogen) atoms. The van der Waals surface area contributed by atoms with Gasteiger partial charge in [-0.25, -0.2) is 0 Å². The van der Waals surface area contributed by atoms with Gasteiger partial charge in [0.15, 0.2) is 5.96 Å². The van der Waals surface area contributed by atoms with E-state index in [9.17, 15) is 0 Å². The highest BCUT2D eigenvalue weighted by atomic mass is 127. The topological polar surface area (TPSA) is 45.7 Å². The van der Waals surface area contributed by atoms with Crippen molar-refractivity contribution in [1.82, 2.24) is 10.6 Å². The van der Waals surface area contributed by atoms with Crippen LogP contribution in [0.5, 0.6) is 0 Å². The Kier molecular flexibility index (Phi) is 4.45. The zero-order valence-corrected chi connectivity index (χ0v) is 12.7. The molecule has 0 fully saturated rings. The van der Waals surface area contributed by atoms with Crippen molar-refractivity contribution in [2.75, 3.05) is 6.54 Å². The summed E-state index contributed by atoms with van der Waals surface area (Å²) < 4.78 is 5.41. The highest BCUT2D eigenvalue weighted by molar-refractivity contribution is 14.0. The fourth-order valence-corrected chi connectivity index (χ4v) is 2.18. The van der Waals surface area contributed by atoms with Crippen LogP contribution in [-0.4, -0.2) is 18.5 Å². The number of guanidine groups is 1. The molecule has 0 amide bonds. The number of nitrogens with one attached hydrogen (secondary N) is 2. The fraction of sp³-hybridized carbons (Fsp3) is 0.462. The van der Waals surface area contributed by atoms with Crippen LogP contribution in [0.2, 0.25) is 0 Å². The van der Waals surface area contributed by atoms with E-state index in [0.29, 0.717) is 6.04 Å². The lowest BCUT2D eigenvalue weighted by Gasteiger charge is -2.09. The van der Waals surface area contributed by atoms with Crippen LogP contribution in [0.15, 0.2) is 23.2 Å². The molecule has 0 aromatic heterocycles. The monoisotopic (exact) mass is 359 g/mol. The van der Waals surface area contributed by atoms with Crippen LogP contribution in [-0.2, 0) is 24.5 Å². The summed E-state index contributed by atoms with van der Waals surface area (Å²) in [5.41, 5.74) is 3.91. The van der Waals surface area contributed by atoms with E-state index in [1.807, 2.05) is 0 Å². The molecule has 2 aliphatic rings. The summed E-state index contributed by atoms with van der Waals surface area (Å²) in [7, 11) is 0. The Labute approximate surface area is 124 Å². The van der Waals surface area contributed by atoms with Crippen molar-refractivity contribution in [3.05, 3.63) is 34.9 Å². The van der Waals surface area contributed by atoms with Gasteiger partial charge in [0.1, 0.15) is 0 Å². The normalized spacial score (nSPS) is 20.7. The molecule has 3 rings (SSSR count). The lowest BCUT2D eigenvalue weighted by atomic mass is 10.1. The Hall–Kier alpha value is -0.820. The number of halogens is 1. The molecule has 0 saturated carbocycles. The average Bonchev–Trinajstić information content (AvgIpc) is 2.94. The van der Waals surface area contributed by atoms with Crippen LogP contribution in [0.3, 0.4) is 0 Å². The molecule has 0 radical (unpaired) electrons. The quantitative estimate of drug-likeness (QED) is 0.792. The highest BCUT2D eigenvalue weighted by Crippen LogP contribution is 2.20. The van der Waals surface area contributed by atoms with Crippen molar-refractivity contribution in [3.8, 4) is 0 Å². The molecule has 5 heteroatoms. The standard InChI is InChI=1S/C13H17N3O.HI/c1-9-5-14-13(16-9)15-6-10-2-3-11-7-17-8-12(11)4-10;/h2-4,9H,5-8H2,1H3,(H2,14,15,16);1H. The first-order chi connectivity index (χ1) is 8.31. The molecule has 2 N–H and O–H groups in total. The molecule has 1 unspecified atom stereocenters. The first kappa shape index (κ1) is 13.6. The van der Waals surface area contributed by atoms with E-state index in [4.69, 9.17) is 4.74 Å². The summed E-state index contributed by atoms with van der Waals surface area (Å²) in [6.07, 6.45) is 0. The lowest BCUT2D eigenvalue weighted by molar-refractivity contribution is 0.134. The molecule has 0 bridgehead atoms. The van der Waals surface area contributed by atoms with Crippen molar-refractivity contribution in [2.45, 2.75) is 32.7 Å². The SMILES string of the molecule is CC1CN=C(NCc2ccc3c(c2)COC3)N1.I. The molecule has 0 saturated heterocycles. The van der Waals surface area contributed by atoms with E-state index < -0.39 is 0 Å². The van der Waals surface area contributed by atoms with Gasteiger partial charge in [0.2, 0.25) is 0 Å². The van der Waals surface area contributed by atoms with Crippen LogP contribution in [0, 0.1) is 0 Å². The Morgan fingerprint density at radius 3 is 3.00 bits per heavy atom. The third kappa shape index (κ3) is 2.95. The molecule has 2 aliphatic heterocycles. The summed E-state index contributed by atoms with van der Waals surface area (Å²) >= 11 is 0. The average molecular weight is 359 g/mol. The minimum Gasteiger partial charge on any atom is -0.372 e. The van der Waals surface area contributed by atoms with Crippen LogP contribution in [0.25, 0.3) is 0 Å². The van der Waals surface area contributed by atoms with Crippen LogP contribution in [0.4, 0.5) is 0 Å². The third-order valence-corrected chi connectivity index (χ3v) is 3.15. The number of hydrogen-bond donors (Lipinski definition) is 2. The Morgan fingerprint density at radius 1 is 1.39 bits per heavy atom. The van der Waals surface area contributed by atoms with Crippen molar-refractivity contribution in [2.24, 2.45) is 4.99 Å². The molecule has 0 spiro atoms. The molecule has 98 valence electrons. The number of aliphatic imine (C=N–C) groups is 1. The number of ether oxygens (including phenoxy) is 1. The maximum absolute atomic E-state index is 5.41. The fourth-order valence-electron chi connectivity index (χ4n) is 2.18. The first-order valence-corrected chi connectivity index (χ1v) is 6.04. The third-order valence-electron chi connectivity index (χ3n) is 3.15. The van der Waals surface area contributed by atoms with Gasteiger partial charge < -0.3 is 15.4 Å². The maximum Gasteiger partial charge on any atom is 0.191 e. The second-order valence-corrected chi connectivity index (χ2v) is 4.68. The minimum atomic E-state index is 0. The summed E-state index contributed by atoms with van der Waals surface area (Å²) in [5.74, 6) is 0.911. The van der Waals surface area contributed by atoms with E-state index in [-0.39, 0.29) is 24.0 Å².